The molecule has 86 valence electrons. The van der Waals surface area contributed by atoms with Crippen LogP contribution in [0, 0.1) is 0 Å². The number of carbonyl (C=O) groups is 1. The number of methoxy groups -OCH3 is 1. The number of hydrogen-bond donors (Lipinski definition) is 1. The predicted octanol–water partition coefficient (Wildman–Crippen LogP) is 3.23. The van der Waals surface area contributed by atoms with Crippen LogP contribution >= 0.6 is 11.6 Å². The second-order valence-corrected chi connectivity index (χ2v) is 3.66. The Kier molecular flexibility index (Phi) is 4.86. The molecule has 0 radical (unpaired) electrons. The normalized spacial score (nSPS) is 10.6. The van der Waals surface area contributed by atoms with Crippen molar-refractivity contribution in [2.45, 2.75) is 12.8 Å². The van der Waals surface area contributed by atoms with E-state index >= 15 is 0 Å². The summed E-state index contributed by atoms with van der Waals surface area (Å²) in [6.07, 6.45) is 4.22. The van der Waals surface area contributed by atoms with Gasteiger partial charge in [0.1, 0.15) is 5.75 Å². The minimum Gasteiger partial charge on any atom is -0.496 e. The smallest absolute Gasteiger partial charge is 0.303 e. The molecule has 0 spiro atoms. The summed E-state index contributed by atoms with van der Waals surface area (Å²) < 4.78 is 5.15. The molecule has 0 unspecified atom stereocenters. The summed E-state index contributed by atoms with van der Waals surface area (Å²) in [4.78, 5) is 10.3. The molecule has 0 amide bonds. The zero-order valence-electron chi connectivity index (χ0n) is 8.94. The molecule has 1 aromatic rings. The fourth-order valence-corrected chi connectivity index (χ4v) is 1.43. The number of halogens is 1. The summed E-state index contributed by atoms with van der Waals surface area (Å²) >= 11 is 5.85. The van der Waals surface area contributed by atoms with E-state index in [9.17, 15) is 4.79 Å². The van der Waals surface area contributed by atoms with Crippen molar-refractivity contribution in [2.75, 3.05) is 7.11 Å². The van der Waals surface area contributed by atoms with Crippen molar-refractivity contribution in [3.8, 4) is 5.75 Å². The Bertz CT molecular complexity index is 399. The van der Waals surface area contributed by atoms with Gasteiger partial charge in [0.2, 0.25) is 0 Å². The van der Waals surface area contributed by atoms with E-state index in [2.05, 4.69) is 0 Å². The predicted molar refractivity (Wildman–Crippen MR) is 63.9 cm³/mol. The summed E-state index contributed by atoms with van der Waals surface area (Å²) in [5.41, 5.74) is 0.848. The van der Waals surface area contributed by atoms with Crippen LogP contribution in [-0.4, -0.2) is 18.2 Å². The molecule has 0 bridgehead atoms. The lowest BCUT2D eigenvalue weighted by Crippen LogP contribution is -1.91. The summed E-state index contributed by atoms with van der Waals surface area (Å²) in [6.45, 7) is 0. The highest BCUT2D eigenvalue weighted by Gasteiger charge is 2.00. The van der Waals surface area contributed by atoms with Crippen molar-refractivity contribution in [1.29, 1.82) is 0 Å². The summed E-state index contributed by atoms with van der Waals surface area (Å²) in [6, 6.07) is 5.30. The van der Waals surface area contributed by atoms with Crippen molar-refractivity contribution < 1.29 is 14.6 Å². The molecule has 0 aliphatic carbocycles. The Balaban J connectivity index is 2.71. The fraction of sp³-hybridized carbons (Fsp3) is 0.250. The maximum atomic E-state index is 10.3. The molecule has 16 heavy (non-hydrogen) atoms. The van der Waals surface area contributed by atoms with Crippen molar-refractivity contribution >= 4 is 23.6 Å². The van der Waals surface area contributed by atoms with Crippen molar-refractivity contribution in [1.82, 2.24) is 0 Å². The number of aliphatic carboxylic acids is 1. The first kappa shape index (κ1) is 12.6. The molecule has 0 aromatic heterocycles. The van der Waals surface area contributed by atoms with Crippen LogP contribution in [0.15, 0.2) is 24.3 Å². The SMILES string of the molecule is COc1ccc(Cl)cc1C=CCCC(=O)O. The number of hydrogen-bond acceptors (Lipinski definition) is 2. The lowest BCUT2D eigenvalue weighted by molar-refractivity contribution is -0.136. The van der Waals surface area contributed by atoms with E-state index in [4.69, 9.17) is 21.4 Å². The molecule has 0 heterocycles. The van der Waals surface area contributed by atoms with Crippen LogP contribution < -0.4 is 4.74 Å². The molecule has 1 N–H and O–H groups in total. The van der Waals surface area contributed by atoms with E-state index in [-0.39, 0.29) is 6.42 Å². The van der Waals surface area contributed by atoms with Gasteiger partial charge in [0.05, 0.1) is 7.11 Å². The van der Waals surface area contributed by atoms with E-state index in [0.717, 1.165) is 11.3 Å². The second-order valence-electron chi connectivity index (χ2n) is 3.22. The van der Waals surface area contributed by atoms with Gasteiger partial charge in [-0.05, 0) is 24.6 Å². The molecule has 0 aliphatic rings. The third-order valence-corrected chi connectivity index (χ3v) is 2.25. The van der Waals surface area contributed by atoms with Gasteiger partial charge in [-0.25, -0.2) is 0 Å². The van der Waals surface area contributed by atoms with Crippen molar-refractivity contribution in [3.63, 3.8) is 0 Å². The van der Waals surface area contributed by atoms with Crippen LogP contribution in [-0.2, 0) is 4.79 Å². The Morgan fingerprint density at radius 3 is 2.94 bits per heavy atom. The lowest BCUT2D eigenvalue weighted by atomic mass is 10.1. The second kappa shape index (κ2) is 6.18. The number of ether oxygens (including phenoxy) is 1. The van der Waals surface area contributed by atoms with E-state index in [0.29, 0.717) is 11.4 Å². The fourth-order valence-electron chi connectivity index (χ4n) is 1.25. The number of carboxylic acid groups (broad SMARTS) is 1. The minimum absolute atomic E-state index is 0.124. The number of carboxylic acids is 1. The molecular formula is C12H13ClO3. The van der Waals surface area contributed by atoms with Gasteiger partial charge >= 0.3 is 5.97 Å². The highest BCUT2D eigenvalue weighted by molar-refractivity contribution is 6.30. The topological polar surface area (TPSA) is 46.5 Å². The molecule has 1 rings (SSSR count). The zero-order valence-corrected chi connectivity index (χ0v) is 9.70. The molecule has 1 aromatic carbocycles. The Hall–Kier alpha value is -1.48. The van der Waals surface area contributed by atoms with Gasteiger partial charge in [-0.2, -0.15) is 0 Å². The lowest BCUT2D eigenvalue weighted by Gasteiger charge is -2.04. The van der Waals surface area contributed by atoms with Crippen LogP contribution in [0.5, 0.6) is 5.75 Å². The first-order valence-electron chi connectivity index (χ1n) is 4.85. The van der Waals surface area contributed by atoms with Gasteiger partial charge in [-0.15, -0.1) is 0 Å². The average molecular weight is 241 g/mol. The molecular weight excluding hydrogens is 228 g/mol. The van der Waals surface area contributed by atoms with Gasteiger partial charge in [-0.3, -0.25) is 4.79 Å². The number of rotatable bonds is 5. The van der Waals surface area contributed by atoms with E-state index in [1.165, 1.54) is 0 Å². The van der Waals surface area contributed by atoms with Crippen molar-refractivity contribution in [3.05, 3.63) is 34.9 Å². The minimum atomic E-state index is -0.803. The molecule has 4 heteroatoms. The standard InChI is InChI=1S/C12H13ClO3/c1-16-11-7-6-10(13)8-9(11)4-2-3-5-12(14)15/h2,4,6-8H,3,5H2,1H3,(H,14,15). The zero-order chi connectivity index (χ0) is 12.0. The van der Waals surface area contributed by atoms with Crippen LogP contribution in [0.3, 0.4) is 0 Å². The van der Waals surface area contributed by atoms with Gasteiger partial charge in [0.15, 0.2) is 0 Å². The number of allylic oxidation sites excluding steroid dienone is 1. The average Bonchev–Trinajstić information content (AvgIpc) is 2.24. The van der Waals surface area contributed by atoms with E-state index in [1.54, 1.807) is 31.4 Å². The molecule has 0 fully saturated rings. The summed E-state index contributed by atoms with van der Waals surface area (Å²) in [7, 11) is 1.58. The van der Waals surface area contributed by atoms with Crippen LogP contribution in [0.2, 0.25) is 5.02 Å². The highest BCUT2D eigenvalue weighted by atomic mass is 35.5. The summed E-state index contributed by atoms with van der Waals surface area (Å²) in [5.74, 6) is -0.0846. The Labute approximate surface area is 99.3 Å². The largest absolute Gasteiger partial charge is 0.496 e. The van der Waals surface area contributed by atoms with Crippen LogP contribution in [0.25, 0.3) is 6.08 Å². The third kappa shape index (κ3) is 3.95. The molecule has 0 saturated heterocycles. The van der Waals surface area contributed by atoms with Gasteiger partial charge in [0.25, 0.3) is 0 Å². The third-order valence-electron chi connectivity index (χ3n) is 2.01. The molecule has 0 atom stereocenters. The Morgan fingerprint density at radius 2 is 2.31 bits per heavy atom. The monoisotopic (exact) mass is 240 g/mol. The maximum absolute atomic E-state index is 10.3. The molecule has 0 saturated carbocycles. The Morgan fingerprint density at radius 1 is 1.56 bits per heavy atom. The molecule has 3 nitrogen and oxygen atoms in total. The van der Waals surface area contributed by atoms with Crippen LogP contribution in [0.4, 0.5) is 0 Å². The van der Waals surface area contributed by atoms with Crippen molar-refractivity contribution in [2.24, 2.45) is 0 Å². The van der Waals surface area contributed by atoms with E-state index < -0.39 is 5.97 Å². The summed E-state index contributed by atoms with van der Waals surface area (Å²) in [5, 5.41) is 9.10. The van der Waals surface area contributed by atoms with Gasteiger partial charge < -0.3 is 9.84 Å². The highest BCUT2D eigenvalue weighted by Crippen LogP contribution is 2.23. The van der Waals surface area contributed by atoms with Gasteiger partial charge in [0, 0.05) is 17.0 Å². The van der Waals surface area contributed by atoms with E-state index in [1.807, 2.05) is 6.08 Å². The molecule has 0 aliphatic heterocycles. The maximum Gasteiger partial charge on any atom is 0.303 e. The number of benzene rings is 1. The van der Waals surface area contributed by atoms with Crippen LogP contribution in [0.1, 0.15) is 18.4 Å². The van der Waals surface area contributed by atoms with Gasteiger partial charge in [-0.1, -0.05) is 23.8 Å². The first-order chi connectivity index (χ1) is 7.63. The first-order valence-corrected chi connectivity index (χ1v) is 5.23. The quantitative estimate of drug-likeness (QED) is 0.860.